The van der Waals surface area contributed by atoms with Gasteiger partial charge < -0.3 is 4.74 Å². The van der Waals surface area contributed by atoms with Gasteiger partial charge in [-0.25, -0.2) is 0 Å². The summed E-state index contributed by atoms with van der Waals surface area (Å²) in [6.45, 7) is 6.00. The van der Waals surface area contributed by atoms with Crippen molar-refractivity contribution in [3.63, 3.8) is 0 Å². The monoisotopic (exact) mass is 304 g/mol. The molecule has 0 aliphatic carbocycles. The number of hydrogen-bond acceptors (Lipinski definition) is 3. The van der Waals surface area contributed by atoms with Crippen LogP contribution >= 0.6 is 11.6 Å². The third-order valence-electron chi connectivity index (χ3n) is 4.23. The lowest BCUT2D eigenvalue weighted by molar-refractivity contribution is 0.0511. The van der Waals surface area contributed by atoms with Gasteiger partial charge in [0.15, 0.2) is 5.75 Å². The number of halogens is 1. The van der Waals surface area contributed by atoms with Gasteiger partial charge in [-0.3, -0.25) is 9.88 Å². The van der Waals surface area contributed by atoms with Gasteiger partial charge >= 0.3 is 0 Å². The van der Waals surface area contributed by atoms with Gasteiger partial charge in [0.05, 0.1) is 5.02 Å². The molecule has 2 heterocycles. The molecule has 0 saturated heterocycles. The number of benzene rings is 1. The Balaban J connectivity index is 1.96. The molecule has 2 aromatic rings. The van der Waals surface area contributed by atoms with E-state index in [1.807, 2.05) is 18.2 Å². The van der Waals surface area contributed by atoms with E-state index >= 15 is 0 Å². The molecule has 21 heavy (non-hydrogen) atoms. The van der Waals surface area contributed by atoms with Gasteiger partial charge in [0.1, 0.15) is 12.2 Å². The highest BCUT2D eigenvalue weighted by atomic mass is 35.5. The minimum atomic E-state index is 0.571. The molecule has 0 saturated carbocycles. The molecule has 0 N–H and O–H groups in total. The minimum absolute atomic E-state index is 0.571. The maximum atomic E-state index is 6.40. The van der Waals surface area contributed by atoms with Gasteiger partial charge in [0, 0.05) is 29.7 Å². The molecule has 3 rings (SSSR count). The highest BCUT2D eigenvalue weighted by Crippen LogP contribution is 2.37. The lowest BCUT2D eigenvalue weighted by Crippen LogP contribution is -2.40. The van der Waals surface area contributed by atoms with Crippen LogP contribution in [0.5, 0.6) is 5.75 Å². The zero-order valence-corrected chi connectivity index (χ0v) is 13.4. The van der Waals surface area contributed by atoms with Crippen molar-refractivity contribution in [2.45, 2.75) is 45.7 Å². The number of ether oxygens (including phenoxy) is 1. The van der Waals surface area contributed by atoms with Crippen LogP contribution in [0.25, 0.3) is 10.9 Å². The van der Waals surface area contributed by atoms with Crippen LogP contribution in [0.1, 0.15) is 38.7 Å². The molecule has 112 valence electrons. The first-order valence-electron chi connectivity index (χ1n) is 7.67. The first kappa shape index (κ1) is 14.6. The van der Waals surface area contributed by atoms with Crippen molar-refractivity contribution < 1.29 is 4.74 Å². The predicted molar refractivity (Wildman–Crippen MR) is 86.8 cm³/mol. The van der Waals surface area contributed by atoms with Gasteiger partial charge in [-0.05, 0) is 31.0 Å². The van der Waals surface area contributed by atoms with Crippen LogP contribution in [-0.2, 0) is 6.54 Å². The molecule has 3 nitrogen and oxygen atoms in total. The molecular formula is C17H21ClN2O. The molecule has 4 heteroatoms. The second kappa shape index (κ2) is 6.20. The third-order valence-corrected chi connectivity index (χ3v) is 4.54. The Morgan fingerprint density at radius 2 is 2.29 bits per heavy atom. The Bertz CT molecular complexity index is 644. The smallest absolute Gasteiger partial charge is 0.152 e. The van der Waals surface area contributed by atoms with Crippen molar-refractivity contribution in [2.75, 3.05) is 6.73 Å². The van der Waals surface area contributed by atoms with E-state index in [4.69, 9.17) is 16.3 Å². The Morgan fingerprint density at radius 3 is 3.05 bits per heavy atom. The Hall–Kier alpha value is -1.32. The number of aromatic nitrogens is 1. The average Bonchev–Trinajstić information content (AvgIpc) is 2.52. The predicted octanol–water partition coefficient (Wildman–Crippen LogP) is 4.62. The fourth-order valence-electron chi connectivity index (χ4n) is 3.13. The third kappa shape index (κ3) is 2.72. The zero-order valence-electron chi connectivity index (χ0n) is 12.6. The van der Waals surface area contributed by atoms with E-state index in [9.17, 15) is 0 Å². The van der Waals surface area contributed by atoms with Gasteiger partial charge in [-0.15, -0.1) is 0 Å². The van der Waals surface area contributed by atoms with Crippen molar-refractivity contribution in [1.82, 2.24) is 9.88 Å². The molecule has 0 spiro atoms. The molecule has 0 radical (unpaired) electrons. The largest absolute Gasteiger partial charge is 0.475 e. The molecule has 1 aliphatic heterocycles. The number of rotatable bonds is 4. The van der Waals surface area contributed by atoms with Crippen LogP contribution in [0, 0.1) is 0 Å². The maximum Gasteiger partial charge on any atom is 0.152 e. The first-order chi connectivity index (χ1) is 10.2. The van der Waals surface area contributed by atoms with E-state index in [0.29, 0.717) is 12.8 Å². The molecule has 1 aromatic carbocycles. The molecule has 1 atom stereocenters. The van der Waals surface area contributed by atoms with Gasteiger partial charge in [-0.1, -0.05) is 31.9 Å². The molecule has 0 amide bonds. The number of fused-ring (bicyclic) bond motifs is 3. The van der Waals surface area contributed by atoms with E-state index in [-0.39, 0.29) is 0 Å². The molecule has 1 unspecified atom stereocenters. The summed E-state index contributed by atoms with van der Waals surface area (Å²) in [6, 6.07) is 6.50. The van der Waals surface area contributed by atoms with Crippen LogP contribution < -0.4 is 4.74 Å². The molecule has 0 bridgehead atoms. The van der Waals surface area contributed by atoms with Crippen LogP contribution in [0.4, 0.5) is 0 Å². The standard InChI is InChI=1S/C17H21ClN2O/c1-3-6-13(4-2)20-10-12-9-15(18)14-7-5-8-19-16(14)17(12)21-11-20/h5,7-9,13H,3-4,6,10-11H2,1-2H3. The normalized spacial score (nSPS) is 16.5. The van der Waals surface area contributed by atoms with Crippen LogP contribution in [0.2, 0.25) is 5.02 Å². The van der Waals surface area contributed by atoms with E-state index in [1.165, 1.54) is 12.8 Å². The summed E-state index contributed by atoms with van der Waals surface area (Å²) in [5, 5.41) is 1.72. The summed E-state index contributed by atoms with van der Waals surface area (Å²) in [5.41, 5.74) is 2.02. The van der Waals surface area contributed by atoms with Gasteiger partial charge in [0.25, 0.3) is 0 Å². The summed E-state index contributed by atoms with van der Waals surface area (Å²) in [7, 11) is 0. The topological polar surface area (TPSA) is 25.4 Å². The first-order valence-corrected chi connectivity index (χ1v) is 8.05. The Morgan fingerprint density at radius 1 is 1.43 bits per heavy atom. The van der Waals surface area contributed by atoms with E-state index in [0.717, 1.165) is 40.2 Å². The van der Waals surface area contributed by atoms with Crippen molar-refractivity contribution in [3.8, 4) is 5.75 Å². The number of hydrogen-bond donors (Lipinski definition) is 0. The summed E-state index contributed by atoms with van der Waals surface area (Å²) in [4.78, 5) is 6.85. The number of nitrogens with zero attached hydrogens (tertiary/aromatic N) is 2. The summed E-state index contributed by atoms with van der Waals surface area (Å²) in [6.07, 6.45) is 5.34. The summed E-state index contributed by atoms with van der Waals surface area (Å²) in [5.74, 6) is 0.901. The second-order valence-electron chi connectivity index (χ2n) is 5.62. The van der Waals surface area contributed by atoms with Gasteiger partial charge in [-0.2, -0.15) is 0 Å². The van der Waals surface area contributed by atoms with Crippen molar-refractivity contribution in [2.24, 2.45) is 0 Å². The fraction of sp³-hybridized carbons (Fsp3) is 0.471. The Labute approximate surface area is 130 Å². The lowest BCUT2D eigenvalue weighted by Gasteiger charge is -2.35. The van der Waals surface area contributed by atoms with Crippen molar-refractivity contribution >= 4 is 22.5 Å². The Kier molecular flexibility index (Phi) is 4.32. The summed E-state index contributed by atoms with van der Waals surface area (Å²) < 4.78 is 6.04. The SMILES string of the molecule is CCCC(CC)N1COc2c(cc(Cl)c3cccnc23)C1. The van der Waals surface area contributed by atoms with Gasteiger partial charge in [0.2, 0.25) is 0 Å². The molecule has 0 fully saturated rings. The molecule has 1 aromatic heterocycles. The van der Waals surface area contributed by atoms with Crippen molar-refractivity contribution in [3.05, 3.63) is 35.0 Å². The minimum Gasteiger partial charge on any atom is -0.475 e. The highest BCUT2D eigenvalue weighted by molar-refractivity contribution is 6.35. The molecular weight excluding hydrogens is 284 g/mol. The van der Waals surface area contributed by atoms with Crippen LogP contribution in [0.3, 0.4) is 0 Å². The van der Waals surface area contributed by atoms with E-state index in [1.54, 1.807) is 6.20 Å². The van der Waals surface area contributed by atoms with Crippen LogP contribution in [0.15, 0.2) is 24.4 Å². The zero-order chi connectivity index (χ0) is 14.8. The average molecular weight is 305 g/mol. The van der Waals surface area contributed by atoms with Crippen molar-refractivity contribution in [1.29, 1.82) is 0 Å². The lowest BCUT2D eigenvalue weighted by atomic mass is 10.0. The summed E-state index contributed by atoms with van der Waals surface area (Å²) >= 11 is 6.40. The quantitative estimate of drug-likeness (QED) is 0.824. The van der Waals surface area contributed by atoms with E-state index < -0.39 is 0 Å². The highest BCUT2D eigenvalue weighted by Gasteiger charge is 2.25. The van der Waals surface area contributed by atoms with Crippen LogP contribution in [-0.4, -0.2) is 22.7 Å². The maximum absolute atomic E-state index is 6.40. The van der Waals surface area contributed by atoms with E-state index in [2.05, 4.69) is 23.7 Å². The second-order valence-corrected chi connectivity index (χ2v) is 6.02. The fourth-order valence-corrected chi connectivity index (χ4v) is 3.41. The number of pyridine rings is 1. The molecule has 1 aliphatic rings.